The third-order valence-corrected chi connectivity index (χ3v) is 7.87. The van der Waals surface area contributed by atoms with Crippen LogP contribution in [0.15, 0.2) is 99.2 Å². The van der Waals surface area contributed by atoms with Gasteiger partial charge in [-0.05, 0) is 39.4 Å². The minimum Gasteiger partial charge on any atom is -0.491 e. The van der Waals surface area contributed by atoms with Gasteiger partial charge in [-0.2, -0.15) is 19.6 Å². The number of nitrogens with one attached hydrogen (secondary N) is 2. The Balaban J connectivity index is 0.000000262. The first kappa shape index (κ1) is 47.9. The standard InChI is InChI=1S/C17H11F2N5O3.C14H12FN5O.C7H11FO4.BH.U/c18-10-4-2-1-3-9(10)8-24-13(11-5-6-27-23-11)7-12(22-24)15-20-16(25)14(19)17(26)21-15;15-10-4-2-1-3-9(10)8-20-13(11-5-6-21-19-11)7-12(18-20)14(16)17;1-3-11-6(9)5(8)7(10)12-4-2;;/h1-7H,8H2,(H2,20,21,25,26);1-7H,8H2,(H3,16,17);5H,3-4H2,1-2H3;1H;/i;;;1D;. The van der Waals surface area contributed by atoms with Crippen LogP contribution in [0.2, 0.25) is 0 Å². The van der Waals surface area contributed by atoms with Crippen molar-refractivity contribution >= 4 is 26.2 Å². The molecule has 0 spiro atoms. The Morgan fingerprint density at radius 2 is 1.34 bits per heavy atom. The van der Waals surface area contributed by atoms with E-state index in [-0.39, 0.29) is 80.6 Å². The quantitative estimate of drug-likeness (QED) is 0.0335. The first-order valence-corrected chi connectivity index (χ1v) is 17.6. The second kappa shape index (κ2) is 23.3. The summed E-state index contributed by atoms with van der Waals surface area (Å²) in [5.41, 5.74) is 7.66. The molecule has 18 nitrogen and oxygen atoms in total. The van der Waals surface area contributed by atoms with Crippen LogP contribution < -0.4 is 11.3 Å². The Hall–Kier alpha value is -6.79. The molecule has 0 saturated heterocycles. The van der Waals surface area contributed by atoms with Crippen LogP contribution in [0.25, 0.3) is 34.3 Å². The number of nitrogens with zero attached hydrogens (tertiary/aromatic N) is 7. The van der Waals surface area contributed by atoms with Crippen LogP contribution in [0, 0.1) is 54.0 Å². The molecule has 0 aliphatic carbocycles. The number of hydrogen-bond donors (Lipinski definition) is 4. The van der Waals surface area contributed by atoms with Crippen LogP contribution in [0.5, 0.6) is 5.88 Å². The largest absolute Gasteiger partial charge is 0.491 e. The maximum absolute atomic E-state index is 14.0. The molecule has 5 N–H and O–H groups in total. The van der Waals surface area contributed by atoms with Gasteiger partial charge in [-0.15, -0.1) is 0 Å². The van der Waals surface area contributed by atoms with E-state index in [1.807, 2.05) is 0 Å². The Morgan fingerprint density at radius 3 is 1.77 bits per heavy atom. The number of nitrogens with two attached hydrogens (primary N) is 1. The molecule has 0 atom stereocenters. The van der Waals surface area contributed by atoms with Crippen LogP contribution in [0.4, 0.5) is 17.6 Å². The van der Waals surface area contributed by atoms with E-state index in [4.69, 9.17) is 21.5 Å². The molecule has 24 heteroatoms. The Kier molecular flexibility index (Phi) is 18.0. The third-order valence-electron chi connectivity index (χ3n) is 7.87. The average Bonchev–Trinajstić information content (AvgIpc) is 4.11. The molecule has 2 aromatic carbocycles. The van der Waals surface area contributed by atoms with Crippen molar-refractivity contribution in [2.24, 2.45) is 5.73 Å². The van der Waals surface area contributed by atoms with Crippen LogP contribution in [-0.4, -0.2) is 91.8 Å². The van der Waals surface area contributed by atoms with Gasteiger partial charge in [0.1, 0.15) is 52.8 Å². The minimum absolute atomic E-state index is 0. The molecule has 0 bridgehead atoms. The topological polar surface area (TPSA) is 256 Å². The van der Waals surface area contributed by atoms with Crippen molar-refractivity contribution in [3.8, 4) is 40.2 Å². The van der Waals surface area contributed by atoms with E-state index in [1.54, 1.807) is 59.3 Å². The molecule has 0 aliphatic heterocycles. The number of aromatic hydroxyl groups is 1. The molecule has 0 amide bonds. The number of carbonyl (C=O) groups is 2. The van der Waals surface area contributed by atoms with Gasteiger partial charge in [-0.25, -0.2) is 22.8 Å². The predicted octanol–water partition coefficient (Wildman–Crippen LogP) is 4.13. The van der Waals surface area contributed by atoms with E-state index in [0.29, 0.717) is 39.6 Å². The van der Waals surface area contributed by atoms with Crippen LogP contribution in [-0.2, 0) is 32.2 Å². The smallest absolute Gasteiger partial charge is 0.352 e. The number of nitrogen functional groups attached to an aromatic ring is 1. The van der Waals surface area contributed by atoms with Crippen molar-refractivity contribution in [2.75, 3.05) is 13.2 Å². The number of amidine groups is 1. The summed E-state index contributed by atoms with van der Waals surface area (Å²) in [5, 5.41) is 33.1. The maximum atomic E-state index is 14.0. The Bertz CT molecular complexity index is 2610. The fraction of sp³-hybridized carbons (Fsp3) is 0.184. The van der Waals surface area contributed by atoms with Crippen LogP contribution in [0.1, 0.15) is 30.7 Å². The number of aromatic amines is 1. The summed E-state index contributed by atoms with van der Waals surface area (Å²) < 4.78 is 80.1. The molecule has 7 aromatic rings. The summed E-state index contributed by atoms with van der Waals surface area (Å²) in [6.45, 7) is 3.40. The van der Waals surface area contributed by atoms with Crippen molar-refractivity contribution in [3.05, 3.63) is 130 Å². The number of hydrogen-bond acceptors (Lipinski definition) is 14. The first-order chi connectivity index (χ1) is 29.8. The molecule has 2 radical (unpaired) electrons. The fourth-order valence-corrected chi connectivity index (χ4v) is 5.09. The normalized spacial score (nSPS) is 10.4. The van der Waals surface area contributed by atoms with Crippen LogP contribution >= 0.6 is 0 Å². The number of H-pyrrole nitrogens is 1. The van der Waals surface area contributed by atoms with Crippen molar-refractivity contribution in [2.45, 2.75) is 33.1 Å². The molecular formula is C38H35BF4N10O8U. The van der Waals surface area contributed by atoms with Gasteiger partial charge in [0.25, 0.3) is 17.6 Å². The zero-order valence-electron chi connectivity index (χ0n) is 33.6. The fourth-order valence-electron chi connectivity index (χ4n) is 5.09. The summed E-state index contributed by atoms with van der Waals surface area (Å²) in [7, 11) is 3.75. The number of esters is 2. The Morgan fingerprint density at radius 1 is 0.855 bits per heavy atom. The van der Waals surface area contributed by atoms with Crippen LogP contribution in [0.3, 0.4) is 0 Å². The molecule has 5 heterocycles. The molecule has 62 heavy (non-hydrogen) atoms. The number of benzene rings is 2. The van der Waals surface area contributed by atoms with Gasteiger partial charge in [0.15, 0.2) is 5.82 Å². The monoisotopic (exact) mass is 1090 g/mol. The maximum Gasteiger partial charge on any atom is 0.352 e. The molecular weight excluding hydrogens is 1050 g/mol. The number of aromatic nitrogens is 8. The molecule has 0 saturated carbocycles. The summed E-state index contributed by atoms with van der Waals surface area (Å²) in [6.07, 6.45) is 0.479. The summed E-state index contributed by atoms with van der Waals surface area (Å²) in [5.74, 6) is -5.85. The minimum atomic E-state index is -2.31. The van der Waals surface area contributed by atoms with E-state index in [2.05, 4.69) is 48.3 Å². The second-order valence-corrected chi connectivity index (χ2v) is 11.9. The summed E-state index contributed by atoms with van der Waals surface area (Å²) in [4.78, 5) is 38.5. The number of rotatable bonds is 12. The van der Waals surface area contributed by atoms with E-state index in [0.717, 1.165) is 0 Å². The average molecular weight is 1090 g/mol. The zero-order chi connectivity index (χ0) is 45.3. The summed E-state index contributed by atoms with van der Waals surface area (Å²) >= 11 is 0. The molecule has 0 unspecified atom stereocenters. The van der Waals surface area contributed by atoms with E-state index < -0.39 is 41.2 Å². The van der Waals surface area contributed by atoms with Gasteiger partial charge in [-0.1, -0.05) is 46.7 Å². The van der Waals surface area contributed by atoms with Gasteiger partial charge >= 0.3 is 11.9 Å². The SMILES string of the molecule is CCOC(=O)C(F)C(=O)OCC.N=C(N)c1cc(-c2ccon2)n(Cc2ccccc2F)n1.O=c1[nH]c(-c2cc(-c3ccon3)n(Cc3ccccc3F)n2)nc(O)c1F.[2H][B].[U]. The first-order valence-electron chi connectivity index (χ1n) is 18.1. The van der Waals surface area contributed by atoms with Gasteiger partial charge in [-0.3, -0.25) is 19.6 Å². The molecule has 320 valence electrons. The zero-order valence-corrected chi connectivity index (χ0v) is 36.8. The molecule has 0 fully saturated rings. The number of alkyl halides is 1. The molecule has 7 rings (SSSR count). The Labute approximate surface area is 375 Å². The van der Waals surface area contributed by atoms with E-state index >= 15 is 0 Å². The number of carbonyl (C=O) groups excluding carboxylic acids is 2. The second-order valence-electron chi connectivity index (χ2n) is 11.9. The van der Waals surface area contributed by atoms with Gasteiger partial charge < -0.3 is 34.3 Å². The van der Waals surface area contributed by atoms with E-state index in [9.17, 15) is 37.1 Å². The van der Waals surface area contributed by atoms with Crippen molar-refractivity contribution in [1.29, 1.82) is 6.74 Å². The van der Waals surface area contributed by atoms with Gasteiger partial charge in [0.2, 0.25) is 5.82 Å². The van der Waals surface area contributed by atoms with Crippen molar-refractivity contribution in [3.63, 3.8) is 0 Å². The summed E-state index contributed by atoms with van der Waals surface area (Å²) in [6, 6.07) is 19.0. The predicted molar refractivity (Wildman–Crippen MR) is 208 cm³/mol. The third kappa shape index (κ3) is 12.6. The van der Waals surface area contributed by atoms with E-state index in [1.165, 1.54) is 49.3 Å². The number of ether oxygens (including phenoxy) is 2. The van der Waals surface area contributed by atoms with Gasteiger partial charge in [0.05, 0.1) is 37.7 Å². The van der Waals surface area contributed by atoms with Gasteiger partial charge in [0, 0.05) is 62.7 Å². The van der Waals surface area contributed by atoms with Crippen molar-refractivity contribution in [1.82, 2.24) is 39.8 Å². The van der Waals surface area contributed by atoms with Crippen molar-refractivity contribution < 1.29 is 81.9 Å². The molecule has 0 aliphatic rings. The molecule has 5 aromatic heterocycles. The number of halogens is 4.